The number of piperidine rings is 2. The van der Waals surface area contributed by atoms with Crippen LogP contribution in [0.25, 0.3) is 0 Å². The van der Waals surface area contributed by atoms with Gasteiger partial charge < -0.3 is 29.1 Å². The van der Waals surface area contributed by atoms with Crippen molar-refractivity contribution in [3.8, 4) is 5.75 Å². The third-order valence-corrected chi connectivity index (χ3v) is 11.4. The number of aliphatic hydroxyl groups excluding tert-OH is 1. The summed E-state index contributed by atoms with van der Waals surface area (Å²) in [5.41, 5.74) is 0. The number of methoxy groups -OCH3 is 1. The minimum atomic E-state index is -3.87. The molecule has 0 spiro atoms. The quantitative estimate of drug-likeness (QED) is 0.378. The van der Waals surface area contributed by atoms with Gasteiger partial charge in [-0.15, -0.1) is 11.3 Å². The Morgan fingerprint density at radius 2 is 1.81 bits per heavy atom. The van der Waals surface area contributed by atoms with Gasteiger partial charge in [-0.2, -0.15) is 4.31 Å². The van der Waals surface area contributed by atoms with Crippen LogP contribution in [0.1, 0.15) is 49.3 Å². The number of carbonyl (C=O) groups is 1. The number of hydrogen-bond donors (Lipinski definition) is 1. The van der Waals surface area contributed by atoms with Crippen LogP contribution >= 0.6 is 11.3 Å². The topological polar surface area (TPSA) is 109 Å². The Morgan fingerprint density at radius 1 is 1.07 bits per heavy atom. The Morgan fingerprint density at radius 3 is 2.47 bits per heavy atom. The van der Waals surface area contributed by atoms with E-state index in [4.69, 9.17) is 14.2 Å². The molecular formula is C31H43N3O7S2. The molecule has 43 heavy (non-hydrogen) atoms. The maximum Gasteiger partial charge on any atom is 0.288 e. The SMILES string of the molecule is COc1ccc(S(=O)(=O)N(CCO)CCO[C@H]2C[C@@H](c3cccs3)C=C(C(=O)N3CCC(N4CCCCC4)CC3)O2)cc1. The lowest BCUT2D eigenvalue weighted by atomic mass is 9.98. The Hall–Kier alpha value is -2.48. The van der Waals surface area contributed by atoms with Gasteiger partial charge in [0.1, 0.15) is 5.75 Å². The normalized spacial score (nSPS) is 22.3. The fraction of sp³-hybridized carbons (Fsp3) is 0.581. The largest absolute Gasteiger partial charge is 0.497 e. The smallest absolute Gasteiger partial charge is 0.288 e. The average molecular weight is 634 g/mol. The molecule has 1 aromatic carbocycles. The number of amides is 1. The van der Waals surface area contributed by atoms with Gasteiger partial charge in [-0.3, -0.25) is 4.79 Å². The predicted octanol–water partition coefficient (Wildman–Crippen LogP) is 3.65. The molecule has 3 aliphatic heterocycles. The highest BCUT2D eigenvalue weighted by molar-refractivity contribution is 7.89. The van der Waals surface area contributed by atoms with Crippen molar-refractivity contribution in [3.63, 3.8) is 0 Å². The van der Waals surface area contributed by atoms with Crippen LogP contribution in [0.5, 0.6) is 5.75 Å². The van der Waals surface area contributed by atoms with Crippen molar-refractivity contribution in [1.82, 2.24) is 14.1 Å². The molecule has 2 aromatic rings. The maximum absolute atomic E-state index is 13.6. The molecule has 0 aliphatic carbocycles. The van der Waals surface area contributed by atoms with Gasteiger partial charge in [0.25, 0.3) is 5.91 Å². The van der Waals surface area contributed by atoms with Crippen molar-refractivity contribution >= 4 is 27.3 Å². The number of allylic oxidation sites excluding steroid dienone is 1. The molecule has 12 heteroatoms. The number of carbonyl (C=O) groups excluding carboxylic acids is 1. The zero-order chi connectivity index (χ0) is 30.2. The van der Waals surface area contributed by atoms with Crippen molar-refractivity contribution in [1.29, 1.82) is 0 Å². The number of sulfonamides is 1. The van der Waals surface area contributed by atoms with Crippen molar-refractivity contribution in [2.24, 2.45) is 0 Å². The Kier molecular flexibility index (Phi) is 11.1. The first-order valence-electron chi connectivity index (χ1n) is 15.2. The van der Waals surface area contributed by atoms with Crippen LogP contribution < -0.4 is 4.74 Å². The van der Waals surface area contributed by atoms with E-state index in [0.717, 1.165) is 30.8 Å². The predicted molar refractivity (Wildman–Crippen MR) is 164 cm³/mol. The van der Waals surface area contributed by atoms with Crippen molar-refractivity contribution in [3.05, 3.63) is 58.5 Å². The molecule has 1 amide bonds. The summed E-state index contributed by atoms with van der Waals surface area (Å²) in [5.74, 6) is 0.691. The van der Waals surface area contributed by atoms with Crippen LogP contribution in [0.3, 0.4) is 0 Å². The van der Waals surface area contributed by atoms with Gasteiger partial charge in [0, 0.05) is 49.4 Å². The second-order valence-electron chi connectivity index (χ2n) is 11.2. The van der Waals surface area contributed by atoms with Gasteiger partial charge in [-0.25, -0.2) is 8.42 Å². The van der Waals surface area contributed by atoms with E-state index in [2.05, 4.69) is 4.90 Å². The number of rotatable bonds is 12. The minimum absolute atomic E-state index is 0.0233. The maximum atomic E-state index is 13.6. The average Bonchev–Trinajstić information content (AvgIpc) is 3.60. The van der Waals surface area contributed by atoms with E-state index >= 15 is 0 Å². The van der Waals surface area contributed by atoms with E-state index in [1.165, 1.54) is 42.8 Å². The fourth-order valence-electron chi connectivity index (χ4n) is 6.13. The molecular weight excluding hydrogens is 590 g/mol. The van der Waals surface area contributed by atoms with Crippen molar-refractivity contribution in [2.45, 2.75) is 61.7 Å². The van der Waals surface area contributed by atoms with Crippen LogP contribution in [0, 0.1) is 0 Å². The van der Waals surface area contributed by atoms with Gasteiger partial charge in [-0.05, 0) is 80.6 Å². The lowest BCUT2D eigenvalue weighted by Gasteiger charge is -2.40. The van der Waals surface area contributed by atoms with Crippen LogP contribution in [0.4, 0.5) is 0 Å². The lowest BCUT2D eigenvalue weighted by Crippen LogP contribution is -2.49. The molecule has 5 rings (SSSR count). The van der Waals surface area contributed by atoms with Gasteiger partial charge >= 0.3 is 0 Å². The molecule has 0 radical (unpaired) electrons. The summed E-state index contributed by atoms with van der Waals surface area (Å²) >= 11 is 1.63. The van der Waals surface area contributed by atoms with E-state index in [0.29, 0.717) is 37.1 Å². The van der Waals surface area contributed by atoms with E-state index < -0.39 is 16.3 Å². The van der Waals surface area contributed by atoms with Crippen molar-refractivity contribution in [2.75, 3.05) is 59.6 Å². The summed E-state index contributed by atoms with van der Waals surface area (Å²) in [5, 5.41) is 11.6. The first-order valence-corrected chi connectivity index (χ1v) is 17.5. The third kappa shape index (κ3) is 7.98. The minimum Gasteiger partial charge on any atom is -0.497 e. The van der Waals surface area contributed by atoms with Crippen LogP contribution in [0.15, 0.2) is 58.5 Å². The Balaban J connectivity index is 1.21. The molecule has 4 heterocycles. The fourth-order valence-corrected chi connectivity index (χ4v) is 8.36. The van der Waals surface area contributed by atoms with Crippen molar-refractivity contribution < 1.29 is 32.5 Å². The van der Waals surface area contributed by atoms with E-state index in [-0.39, 0.29) is 43.0 Å². The second kappa shape index (κ2) is 15.0. The monoisotopic (exact) mass is 633 g/mol. The number of likely N-dealkylation sites (tertiary alicyclic amines) is 2. The number of ether oxygens (including phenoxy) is 3. The Bertz CT molecular complexity index is 1300. The summed E-state index contributed by atoms with van der Waals surface area (Å²) in [4.78, 5) is 19.3. The molecule has 1 N–H and O–H groups in total. The molecule has 0 bridgehead atoms. The molecule has 2 saturated heterocycles. The summed E-state index contributed by atoms with van der Waals surface area (Å²) in [6, 6.07) is 10.7. The number of benzene rings is 1. The second-order valence-corrected chi connectivity index (χ2v) is 14.1. The summed E-state index contributed by atoms with van der Waals surface area (Å²) in [7, 11) is -2.35. The third-order valence-electron chi connectivity index (χ3n) is 8.53. The number of hydrogen-bond acceptors (Lipinski definition) is 9. The molecule has 2 fully saturated rings. The van der Waals surface area contributed by atoms with Crippen LogP contribution in [-0.4, -0.2) is 105 Å². The molecule has 3 aliphatic rings. The summed E-state index contributed by atoms with van der Waals surface area (Å²) in [6.07, 6.45) is 7.49. The molecule has 0 saturated carbocycles. The van der Waals surface area contributed by atoms with Gasteiger partial charge in [0.05, 0.1) is 25.2 Å². The lowest BCUT2D eigenvalue weighted by molar-refractivity contribution is -0.153. The standard InChI is InChI=1S/C31H43N3O7S2/c1-39-26-7-9-27(10-8-26)43(37,38)34(17-19-35)18-20-40-30-23-24(29-6-5-21-42-29)22-28(41-30)31(36)33-15-11-25(12-16-33)32-13-3-2-4-14-32/h5-10,21-22,24-25,30,35H,2-4,11-20,23H2,1H3/t24-,30+/m0/s1. The van der Waals surface area contributed by atoms with Crippen LogP contribution in [0.2, 0.25) is 0 Å². The van der Waals surface area contributed by atoms with E-state index in [9.17, 15) is 18.3 Å². The molecule has 10 nitrogen and oxygen atoms in total. The number of thiophene rings is 1. The zero-order valence-corrected chi connectivity index (χ0v) is 26.4. The highest BCUT2D eigenvalue weighted by atomic mass is 32.2. The summed E-state index contributed by atoms with van der Waals surface area (Å²) < 4.78 is 45.1. The van der Waals surface area contributed by atoms with E-state index in [1.807, 2.05) is 28.5 Å². The Labute approximate surface area is 258 Å². The molecule has 236 valence electrons. The van der Waals surface area contributed by atoms with Crippen LogP contribution in [-0.2, 0) is 24.3 Å². The van der Waals surface area contributed by atoms with Gasteiger partial charge in [0.2, 0.25) is 16.3 Å². The van der Waals surface area contributed by atoms with Gasteiger partial charge in [0.15, 0.2) is 5.76 Å². The first kappa shape index (κ1) is 31.9. The highest BCUT2D eigenvalue weighted by Gasteiger charge is 2.34. The number of aliphatic hydroxyl groups is 1. The number of nitrogens with zero attached hydrogens (tertiary/aromatic N) is 3. The van der Waals surface area contributed by atoms with E-state index in [1.54, 1.807) is 23.5 Å². The summed E-state index contributed by atoms with van der Waals surface area (Å²) in [6.45, 7) is 3.39. The van der Waals surface area contributed by atoms with Gasteiger partial charge in [-0.1, -0.05) is 12.5 Å². The highest BCUT2D eigenvalue weighted by Crippen LogP contribution is 2.35. The first-order chi connectivity index (χ1) is 20.9. The molecule has 2 atom stereocenters. The molecule has 0 unspecified atom stereocenters. The molecule has 1 aromatic heterocycles. The zero-order valence-electron chi connectivity index (χ0n) is 24.8.